The summed E-state index contributed by atoms with van der Waals surface area (Å²) in [4.78, 5) is 24.5. The van der Waals surface area contributed by atoms with Crippen LogP contribution >= 0.6 is 46.4 Å². The van der Waals surface area contributed by atoms with Gasteiger partial charge in [-0.1, -0.05) is 64.6 Å². The summed E-state index contributed by atoms with van der Waals surface area (Å²) in [7, 11) is 0. The van der Waals surface area contributed by atoms with Crippen LogP contribution < -0.4 is 15.4 Å². The second-order valence-corrected chi connectivity index (χ2v) is 8.36. The number of rotatable bonds is 7. The largest absolute Gasteiger partial charge is 0.484 e. The van der Waals surface area contributed by atoms with Crippen LogP contribution in [0.4, 0.5) is 11.4 Å². The molecule has 0 unspecified atom stereocenters. The van der Waals surface area contributed by atoms with E-state index >= 15 is 0 Å². The van der Waals surface area contributed by atoms with Gasteiger partial charge in [-0.2, -0.15) is 5.26 Å². The maximum Gasteiger partial charge on any atom is 0.266 e. The third-order valence-corrected chi connectivity index (χ3v) is 5.89. The molecule has 0 aliphatic carbocycles. The van der Waals surface area contributed by atoms with Gasteiger partial charge in [-0.25, -0.2) is 0 Å². The van der Waals surface area contributed by atoms with Crippen LogP contribution in [0.5, 0.6) is 5.75 Å². The van der Waals surface area contributed by atoms with Gasteiger partial charge in [0.05, 0.1) is 25.8 Å². The zero-order valence-corrected chi connectivity index (χ0v) is 20.3. The first-order valence-electron chi connectivity index (χ1n) is 9.61. The third kappa shape index (κ3) is 6.89. The SMILES string of the molecule is N#C/C(=C\c1ccc(OCC(=O)Nc2ccc(Cl)c(Cl)c2)cc1)C(=O)Nc1cccc(Cl)c1Cl. The number of amides is 2. The van der Waals surface area contributed by atoms with Crippen molar-refractivity contribution >= 4 is 75.7 Å². The Labute approximate surface area is 215 Å². The normalized spacial score (nSPS) is 10.9. The number of carbonyl (C=O) groups excluding carboxylic acids is 2. The topological polar surface area (TPSA) is 91.2 Å². The Hall–Kier alpha value is -3.21. The molecule has 172 valence electrons. The van der Waals surface area contributed by atoms with E-state index in [0.717, 1.165) is 0 Å². The van der Waals surface area contributed by atoms with Crippen LogP contribution in [0, 0.1) is 11.3 Å². The third-order valence-electron chi connectivity index (χ3n) is 4.33. The number of nitrogens with zero attached hydrogens (tertiary/aromatic N) is 1. The molecule has 34 heavy (non-hydrogen) atoms. The Balaban J connectivity index is 1.59. The molecule has 10 heteroatoms. The van der Waals surface area contributed by atoms with Crippen LogP contribution in [0.25, 0.3) is 6.08 Å². The van der Waals surface area contributed by atoms with E-state index in [4.69, 9.17) is 51.1 Å². The van der Waals surface area contributed by atoms with E-state index in [0.29, 0.717) is 32.7 Å². The number of halogens is 4. The molecule has 2 N–H and O–H groups in total. The van der Waals surface area contributed by atoms with Crippen molar-refractivity contribution < 1.29 is 14.3 Å². The van der Waals surface area contributed by atoms with Gasteiger partial charge in [0.15, 0.2) is 6.61 Å². The van der Waals surface area contributed by atoms with Gasteiger partial charge in [-0.3, -0.25) is 9.59 Å². The van der Waals surface area contributed by atoms with Gasteiger partial charge in [-0.15, -0.1) is 0 Å². The highest BCUT2D eigenvalue weighted by molar-refractivity contribution is 6.44. The Kier molecular flexibility index (Phi) is 8.80. The molecule has 3 aromatic carbocycles. The van der Waals surface area contributed by atoms with Crippen LogP contribution in [0.1, 0.15) is 5.56 Å². The summed E-state index contributed by atoms with van der Waals surface area (Å²) in [6.45, 7) is -0.234. The second-order valence-electron chi connectivity index (χ2n) is 6.76. The monoisotopic (exact) mass is 533 g/mol. The van der Waals surface area contributed by atoms with Crippen LogP contribution in [-0.2, 0) is 9.59 Å². The molecule has 2 amide bonds. The molecule has 0 fully saturated rings. The van der Waals surface area contributed by atoms with Crippen molar-refractivity contribution in [2.75, 3.05) is 17.2 Å². The number of nitriles is 1. The molecule has 3 rings (SSSR count). The molecule has 0 radical (unpaired) electrons. The van der Waals surface area contributed by atoms with E-state index in [1.165, 1.54) is 12.1 Å². The summed E-state index contributed by atoms with van der Waals surface area (Å²) < 4.78 is 5.47. The van der Waals surface area contributed by atoms with Gasteiger partial charge < -0.3 is 15.4 Å². The molecule has 0 heterocycles. The number of nitrogens with one attached hydrogen (secondary N) is 2. The van der Waals surface area contributed by atoms with Crippen LogP contribution in [-0.4, -0.2) is 18.4 Å². The molecule has 0 aliphatic rings. The summed E-state index contributed by atoms with van der Waals surface area (Å²) >= 11 is 23.8. The average molecular weight is 535 g/mol. The van der Waals surface area contributed by atoms with Gasteiger partial charge >= 0.3 is 0 Å². The van der Waals surface area contributed by atoms with Gasteiger partial charge in [0.2, 0.25) is 0 Å². The lowest BCUT2D eigenvalue weighted by Crippen LogP contribution is -2.20. The van der Waals surface area contributed by atoms with Crippen molar-refractivity contribution in [3.05, 3.63) is 91.9 Å². The number of carbonyl (C=O) groups is 2. The molecule has 6 nitrogen and oxygen atoms in total. The fourth-order valence-corrected chi connectivity index (χ4v) is 3.33. The summed E-state index contributed by atoms with van der Waals surface area (Å²) in [6.07, 6.45) is 1.41. The first-order chi connectivity index (χ1) is 16.3. The number of ether oxygens (including phenoxy) is 1. The highest BCUT2D eigenvalue weighted by Crippen LogP contribution is 2.30. The van der Waals surface area contributed by atoms with Crippen molar-refractivity contribution in [2.45, 2.75) is 0 Å². The molecular formula is C24H15Cl4N3O3. The zero-order chi connectivity index (χ0) is 24.7. The smallest absolute Gasteiger partial charge is 0.266 e. The minimum Gasteiger partial charge on any atom is -0.484 e. The first-order valence-corrected chi connectivity index (χ1v) is 11.1. The fourth-order valence-electron chi connectivity index (χ4n) is 2.69. The first kappa shape index (κ1) is 25.4. The van der Waals surface area contributed by atoms with Crippen molar-refractivity contribution in [3.63, 3.8) is 0 Å². The summed E-state index contributed by atoms with van der Waals surface area (Å²) in [5.74, 6) is -0.591. The molecule has 0 atom stereocenters. The lowest BCUT2D eigenvalue weighted by Gasteiger charge is -2.09. The molecule has 0 saturated carbocycles. The molecule has 0 saturated heterocycles. The maximum absolute atomic E-state index is 12.5. The average Bonchev–Trinajstić information content (AvgIpc) is 2.82. The molecule has 0 aliphatic heterocycles. The van der Waals surface area contributed by atoms with Gasteiger partial charge in [0.1, 0.15) is 17.4 Å². The van der Waals surface area contributed by atoms with Crippen LogP contribution in [0.3, 0.4) is 0 Å². The lowest BCUT2D eigenvalue weighted by atomic mass is 10.1. The minimum absolute atomic E-state index is 0.134. The van der Waals surface area contributed by atoms with Crippen molar-refractivity contribution in [1.82, 2.24) is 0 Å². The minimum atomic E-state index is -0.633. The molecule has 0 aromatic heterocycles. The van der Waals surface area contributed by atoms with Gasteiger partial charge in [0, 0.05) is 5.69 Å². The Morgan fingerprint density at radius 3 is 2.32 bits per heavy atom. The van der Waals surface area contributed by atoms with Crippen molar-refractivity contribution in [2.24, 2.45) is 0 Å². The summed E-state index contributed by atoms with van der Waals surface area (Å²) in [5.41, 5.74) is 1.23. The second kappa shape index (κ2) is 11.8. The highest BCUT2D eigenvalue weighted by Gasteiger charge is 2.13. The van der Waals surface area contributed by atoms with E-state index in [-0.39, 0.29) is 28.1 Å². The number of anilines is 2. The van der Waals surface area contributed by atoms with Gasteiger partial charge in [0.25, 0.3) is 11.8 Å². The van der Waals surface area contributed by atoms with E-state index < -0.39 is 5.91 Å². The van der Waals surface area contributed by atoms with E-state index in [1.807, 2.05) is 6.07 Å². The Morgan fingerprint density at radius 2 is 1.65 bits per heavy atom. The zero-order valence-electron chi connectivity index (χ0n) is 17.2. The van der Waals surface area contributed by atoms with E-state index in [2.05, 4.69) is 10.6 Å². The molecule has 3 aromatic rings. The molecule has 0 spiro atoms. The fraction of sp³-hybridized carbons (Fsp3) is 0.0417. The maximum atomic E-state index is 12.5. The predicted octanol–water partition coefficient (Wildman–Crippen LogP) is 6.86. The number of hydrogen-bond acceptors (Lipinski definition) is 4. The van der Waals surface area contributed by atoms with Crippen molar-refractivity contribution in [1.29, 1.82) is 5.26 Å². The molecular weight excluding hydrogens is 520 g/mol. The summed E-state index contributed by atoms with van der Waals surface area (Å²) in [5, 5.41) is 15.8. The van der Waals surface area contributed by atoms with E-state index in [1.54, 1.807) is 54.6 Å². The predicted molar refractivity (Wildman–Crippen MR) is 136 cm³/mol. The number of benzene rings is 3. The lowest BCUT2D eigenvalue weighted by molar-refractivity contribution is -0.118. The Morgan fingerprint density at radius 1 is 0.912 bits per heavy atom. The Bertz CT molecular complexity index is 1300. The quantitative estimate of drug-likeness (QED) is 0.256. The standard InChI is InChI=1S/C24H15Cl4N3O3/c25-18-9-6-16(11-20(18)27)30-22(32)13-34-17-7-4-14(5-8-17)10-15(12-29)24(33)31-21-3-1-2-19(26)23(21)28/h1-11H,13H2,(H,30,32)(H,31,33)/b15-10+. The number of hydrogen-bond donors (Lipinski definition) is 2. The summed E-state index contributed by atoms with van der Waals surface area (Å²) in [6, 6.07) is 17.9. The van der Waals surface area contributed by atoms with E-state index in [9.17, 15) is 14.9 Å². The van der Waals surface area contributed by atoms with Crippen LogP contribution in [0.2, 0.25) is 20.1 Å². The molecule has 0 bridgehead atoms. The van der Waals surface area contributed by atoms with Gasteiger partial charge in [-0.05, 0) is 54.1 Å². The van der Waals surface area contributed by atoms with Crippen LogP contribution in [0.15, 0.2) is 66.2 Å². The van der Waals surface area contributed by atoms with Crippen molar-refractivity contribution in [3.8, 4) is 11.8 Å². The highest BCUT2D eigenvalue weighted by atomic mass is 35.5.